The Bertz CT molecular complexity index is 531. The van der Waals surface area contributed by atoms with Crippen molar-refractivity contribution in [2.75, 3.05) is 13.1 Å². The summed E-state index contributed by atoms with van der Waals surface area (Å²) < 4.78 is 26.6. The minimum absolute atomic E-state index is 0. The first-order valence-electron chi connectivity index (χ1n) is 5.67. The molecule has 0 radical (unpaired) electrons. The van der Waals surface area contributed by atoms with E-state index in [-0.39, 0.29) is 28.4 Å². The third kappa shape index (κ3) is 4.48. The normalized spacial score (nSPS) is 19.2. The van der Waals surface area contributed by atoms with Gasteiger partial charge in [-0.1, -0.05) is 23.2 Å². The van der Waals surface area contributed by atoms with Gasteiger partial charge in [0.1, 0.15) is 0 Å². The Balaban J connectivity index is 0.00000180. The topological polar surface area (TPSA) is 58.2 Å². The molecule has 1 aromatic carbocycles. The van der Waals surface area contributed by atoms with Crippen LogP contribution in [0.5, 0.6) is 0 Å². The fraction of sp³-hybridized carbons (Fsp3) is 0.455. The van der Waals surface area contributed by atoms with Gasteiger partial charge in [0.05, 0.1) is 14.9 Å². The second-order valence-corrected chi connectivity index (χ2v) is 6.80. The molecule has 1 aliphatic rings. The molecule has 0 spiro atoms. The fourth-order valence-electron chi connectivity index (χ4n) is 1.87. The monoisotopic (exact) mass is 344 g/mol. The highest BCUT2D eigenvalue weighted by Crippen LogP contribution is 2.24. The second kappa shape index (κ2) is 7.11. The van der Waals surface area contributed by atoms with E-state index in [1.807, 2.05) is 0 Å². The molecule has 2 rings (SSSR count). The molecule has 8 heteroatoms. The minimum atomic E-state index is -3.52. The maximum Gasteiger partial charge on any atom is 0.240 e. The van der Waals surface area contributed by atoms with Crippen molar-refractivity contribution >= 4 is 45.6 Å². The third-order valence-corrected chi connectivity index (χ3v) is 5.04. The van der Waals surface area contributed by atoms with Crippen LogP contribution in [0, 0.1) is 0 Å². The molecule has 1 aromatic rings. The summed E-state index contributed by atoms with van der Waals surface area (Å²) in [4.78, 5) is 0.134. The molecular formula is C11H15Cl3N2O2S. The van der Waals surface area contributed by atoms with Crippen LogP contribution in [-0.2, 0) is 10.0 Å². The zero-order chi connectivity index (χ0) is 13.2. The molecule has 0 bridgehead atoms. The molecular weight excluding hydrogens is 331 g/mol. The summed E-state index contributed by atoms with van der Waals surface area (Å²) in [6.07, 6.45) is 2.07. The van der Waals surface area contributed by atoms with Crippen molar-refractivity contribution in [2.24, 2.45) is 0 Å². The van der Waals surface area contributed by atoms with E-state index in [2.05, 4.69) is 10.0 Å². The van der Waals surface area contributed by atoms with Gasteiger partial charge < -0.3 is 5.32 Å². The average molecular weight is 346 g/mol. The Morgan fingerprint density at radius 3 is 2.63 bits per heavy atom. The Kier molecular flexibility index (Phi) is 6.36. The summed E-state index contributed by atoms with van der Waals surface area (Å²) in [5.41, 5.74) is 0. The van der Waals surface area contributed by atoms with Gasteiger partial charge in [-0.05, 0) is 37.6 Å². The number of benzene rings is 1. The van der Waals surface area contributed by atoms with Crippen LogP contribution >= 0.6 is 35.6 Å². The summed E-state index contributed by atoms with van der Waals surface area (Å²) in [7, 11) is -3.52. The molecule has 0 saturated carbocycles. The smallest absolute Gasteiger partial charge is 0.240 e. The van der Waals surface area contributed by atoms with Crippen LogP contribution in [0.25, 0.3) is 0 Å². The van der Waals surface area contributed by atoms with Crippen LogP contribution in [0.3, 0.4) is 0 Å². The maximum absolute atomic E-state index is 12.0. The van der Waals surface area contributed by atoms with Gasteiger partial charge in [-0.15, -0.1) is 12.4 Å². The first-order valence-corrected chi connectivity index (χ1v) is 7.91. The minimum Gasteiger partial charge on any atom is -0.313 e. The fourth-order valence-corrected chi connectivity index (χ4v) is 3.34. The predicted molar refractivity (Wildman–Crippen MR) is 79.9 cm³/mol. The number of rotatable bonds is 4. The number of hydrogen-bond acceptors (Lipinski definition) is 3. The molecule has 2 N–H and O–H groups in total. The van der Waals surface area contributed by atoms with E-state index in [1.54, 1.807) is 0 Å². The van der Waals surface area contributed by atoms with Crippen molar-refractivity contribution in [1.29, 1.82) is 0 Å². The summed E-state index contributed by atoms with van der Waals surface area (Å²) >= 11 is 11.6. The highest BCUT2D eigenvalue weighted by atomic mass is 35.5. The van der Waals surface area contributed by atoms with Crippen molar-refractivity contribution in [3.05, 3.63) is 28.2 Å². The Hall–Kier alpha value is -0.0400. The lowest BCUT2D eigenvalue weighted by atomic mass is 10.2. The van der Waals surface area contributed by atoms with Crippen LogP contribution in [0.15, 0.2) is 23.1 Å². The van der Waals surface area contributed by atoms with Gasteiger partial charge >= 0.3 is 0 Å². The lowest BCUT2D eigenvalue weighted by molar-refractivity contribution is 0.552. The van der Waals surface area contributed by atoms with Crippen LogP contribution in [0.4, 0.5) is 0 Å². The number of nitrogens with one attached hydrogen (secondary N) is 2. The van der Waals surface area contributed by atoms with Crippen molar-refractivity contribution < 1.29 is 8.42 Å². The molecule has 108 valence electrons. The number of halogens is 3. The average Bonchev–Trinajstić information content (AvgIpc) is 2.83. The van der Waals surface area contributed by atoms with Gasteiger partial charge in [-0.25, -0.2) is 13.1 Å². The van der Waals surface area contributed by atoms with E-state index in [4.69, 9.17) is 23.2 Å². The molecule has 1 atom stereocenters. The van der Waals surface area contributed by atoms with E-state index >= 15 is 0 Å². The summed E-state index contributed by atoms with van der Waals surface area (Å²) in [6, 6.07) is 4.49. The van der Waals surface area contributed by atoms with Crippen molar-refractivity contribution in [1.82, 2.24) is 10.0 Å². The summed E-state index contributed by atoms with van der Waals surface area (Å²) in [5, 5.41) is 3.80. The quantitative estimate of drug-likeness (QED) is 0.881. The molecule has 1 saturated heterocycles. The van der Waals surface area contributed by atoms with Crippen LogP contribution in [0.2, 0.25) is 10.0 Å². The number of hydrogen-bond donors (Lipinski definition) is 2. The summed E-state index contributed by atoms with van der Waals surface area (Å²) in [5.74, 6) is 0. The third-order valence-electron chi connectivity index (χ3n) is 2.88. The predicted octanol–water partition coefficient (Wildman–Crippen LogP) is 2.45. The second-order valence-electron chi connectivity index (χ2n) is 4.22. The Labute approximate surface area is 129 Å². The van der Waals surface area contributed by atoms with E-state index < -0.39 is 10.0 Å². The van der Waals surface area contributed by atoms with Crippen molar-refractivity contribution in [3.8, 4) is 0 Å². The maximum atomic E-state index is 12.0. The van der Waals surface area contributed by atoms with Gasteiger partial charge in [0, 0.05) is 12.6 Å². The van der Waals surface area contributed by atoms with Crippen LogP contribution in [-0.4, -0.2) is 27.5 Å². The van der Waals surface area contributed by atoms with Gasteiger partial charge in [0.15, 0.2) is 0 Å². The molecule has 1 heterocycles. The highest BCUT2D eigenvalue weighted by Gasteiger charge is 2.19. The molecule has 0 aliphatic carbocycles. The molecule has 1 unspecified atom stereocenters. The molecule has 1 aliphatic heterocycles. The largest absolute Gasteiger partial charge is 0.313 e. The van der Waals surface area contributed by atoms with E-state index in [9.17, 15) is 8.42 Å². The number of sulfonamides is 1. The SMILES string of the molecule is Cl.O=S(=O)(NCC1CCCN1)c1ccc(Cl)c(Cl)c1. The van der Waals surface area contributed by atoms with Crippen LogP contribution < -0.4 is 10.0 Å². The van der Waals surface area contributed by atoms with E-state index in [0.29, 0.717) is 11.6 Å². The van der Waals surface area contributed by atoms with Gasteiger partial charge in [0.2, 0.25) is 10.0 Å². The lowest BCUT2D eigenvalue weighted by Gasteiger charge is -2.12. The molecule has 19 heavy (non-hydrogen) atoms. The van der Waals surface area contributed by atoms with Crippen molar-refractivity contribution in [2.45, 2.75) is 23.8 Å². The molecule has 0 aromatic heterocycles. The zero-order valence-corrected chi connectivity index (χ0v) is 13.2. The zero-order valence-electron chi connectivity index (χ0n) is 10.0. The highest BCUT2D eigenvalue weighted by molar-refractivity contribution is 7.89. The van der Waals surface area contributed by atoms with E-state index in [1.165, 1.54) is 18.2 Å². The van der Waals surface area contributed by atoms with Crippen molar-refractivity contribution in [3.63, 3.8) is 0 Å². The lowest BCUT2D eigenvalue weighted by Crippen LogP contribution is -2.37. The molecule has 1 fully saturated rings. The van der Waals surface area contributed by atoms with Gasteiger partial charge in [0.25, 0.3) is 0 Å². The standard InChI is InChI=1S/C11H14Cl2N2O2S.ClH/c12-10-4-3-9(6-11(10)13)18(16,17)15-7-8-2-1-5-14-8;/h3-4,6,8,14-15H,1-2,5,7H2;1H. The first-order chi connectivity index (χ1) is 8.49. The Morgan fingerprint density at radius 2 is 2.05 bits per heavy atom. The summed E-state index contributed by atoms with van der Waals surface area (Å²) in [6.45, 7) is 1.34. The van der Waals surface area contributed by atoms with Gasteiger partial charge in [-0.2, -0.15) is 0 Å². The molecule has 0 amide bonds. The van der Waals surface area contributed by atoms with Crippen LogP contribution in [0.1, 0.15) is 12.8 Å². The van der Waals surface area contributed by atoms with Gasteiger partial charge in [-0.3, -0.25) is 0 Å². The Morgan fingerprint density at radius 1 is 1.32 bits per heavy atom. The molecule has 4 nitrogen and oxygen atoms in total. The first kappa shape index (κ1) is 17.0. The van der Waals surface area contributed by atoms with E-state index in [0.717, 1.165) is 19.4 Å².